The maximum Gasteiger partial charge on any atom is 0.111 e. The molecule has 0 amide bonds. The Morgan fingerprint density at radius 3 is 2.78 bits per heavy atom. The Labute approximate surface area is 111 Å². The molecule has 1 aromatic heterocycles. The molecule has 1 aliphatic carbocycles. The lowest BCUT2D eigenvalue weighted by Gasteiger charge is -2.37. The summed E-state index contributed by atoms with van der Waals surface area (Å²) in [5, 5.41) is 3.36. The van der Waals surface area contributed by atoms with Gasteiger partial charge in [-0.15, -0.1) is 0 Å². The Bertz CT molecular complexity index is 370. The molecule has 1 heterocycles. The number of nitrogens with zero attached hydrogens (tertiary/aromatic N) is 2. The third kappa shape index (κ3) is 2.77. The molecule has 1 fully saturated rings. The molecule has 3 heteroatoms. The molecule has 2 rings (SSSR count). The second kappa shape index (κ2) is 5.87. The monoisotopic (exact) mass is 249 g/mol. The first-order valence-corrected chi connectivity index (χ1v) is 7.25. The highest BCUT2D eigenvalue weighted by molar-refractivity contribution is 5.05. The minimum atomic E-state index is 0.624. The molecule has 1 N–H and O–H groups in total. The Morgan fingerprint density at radius 1 is 1.44 bits per heavy atom. The predicted octanol–water partition coefficient (Wildman–Crippen LogP) is 2.80. The lowest BCUT2D eigenvalue weighted by Crippen LogP contribution is -2.33. The molecule has 1 aliphatic rings. The quantitative estimate of drug-likeness (QED) is 0.889. The zero-order valence-corrected chi connectivity index (χ0v) is 12.2. The van der Waals surface area contributed by atoms with Gasteiger partial charge in [-0.1, -0.05) is 13.8 Å². The van der Waals surface area contributed by atoms with Gasteiger partial charge in [-0.25, -0.2) is 4.98 Å². The van der Waals surface area contributed by atoms with E-state index in [9.17, 15) is 0 Å². The number of imidazole rings is 1. The first-order chi connectivity index (χ1) is 8.63. The van der Waals surface area contributed by atoms with E-state index in [1.807, 2.05) is 6.20 Å². The minimum absolute atomic E-state index is 0.624. The van der Waals surface area contributed by atoms with E-state index in [4.69, 9.17) is 0 Å². The Morgan fingerprint density at radius 2 is 2.22 bits per heavy atom. The molecular weight excluding hydrogens is 222 g/mol. The van der Waals surface area contributed by atoms with E-state index < -0.39 is 0 Å². The summed E-state index contributed by atoms with van der Waals surface area (Å²) in [4.78, 5) is 4.60. The number of hydrogen-bond donors (Lipinski definition) is 1. The summed E-state index contributed by atoms with van der Waals surface area (Å²) >= 11 is 0. The van der Waals surface area contributed by atoms with Gasteiger partial charge in [0, 0.05) is 25.4 Å². The fourth-order valence-corrected chi connectivity index (χ4v) is 3.43. The van der Waals surface area contributed by atoms with Crippen molar-refractivity contribution in [3.63, 3.8) is 0 Å². The molecular formula is C15H27N3. The van der Waals surface area contributed by atoms with E-state index in [-0.39, 0.29) is 0 Å². The molecule has 3 nitrogen and oxygen atoms in total. The van der Waals surface area contributed by atoms with Gasteiger partial charge in [0.2, 0.25) is 0 Å². The summed E-state index contributed by atoms with van der Waals surface area (Å²) in [5.41, 5.74) is 0. The number of aromatic nitrogens is 2. The van der Waals surface area contributed by atoms with Crippen molar-refractivity contribution >= 4 is 0 Å². The molecule has 0 aliphatic heterocycles. The highest BCUT2D eigenvalue weighted by Crippen LogP contribution is 2.42. The lowest BCUT2D eigenvalue weighted by molar-refractivity contribution is 0.185. The predicted molar refractivity (Wildman–Crippen MR) is 75.5 cm³/mol. The van der Waals surface area contributed by atoms with Gasteiger partial charge in [0.05, 0.1) is 0 Å². The Balaban J connectivity index is 2.17. The lowest BCUT2D eigenvalue weighted by atomic mass is 9.70. The van der Waals surface area contributed by atoms with E-state index in [1.54, 1.807) is 0 Å². The van der Waals surface area contributed by atoms with Crippen LogP contribution >= 0.6 is 0 Å². The SMILES string of the molecule is CNCC1CCC(C(C)C)CC1c1nccn1C. The van der Waals surface area contributed by atoms with E-state index in [0.717, 1.165) is 24.3 Å². The van der Waals surface area contributed by atoms with Crippen molar-refractivity contribution in [3.8, 4) is 0 Å². The van der Waals surface area contributed by atoms with Crippen LogP contribution in [0.4, 0.5) is 0 Å². The summed E-state index contributed by atoms with van der Waals surface area (Å²) in [7, 11) is 4.18. The molecule has 3 unspecified atom stereocenters. The molecule has 0 saturated heterocycles. The van der Waals surface area contributed by atoms with Crippen LogP contribution in [-0.2, 0) is 7.05 Å². The summed E-state index contributed by atoms with van der Waals surface area (Å²) in [6.45, 7) is 5.83. The van der Waals surface area contributed by atoms with Crippen LogP contribution in [0.1, 0.15) is 44.9 Å². The van der Waals surface area contributed by atoms with Crippen LogP contribution in [0.25, 0.3) is 0 Å². The first kappa shape index (κ1) is 13.6. The van der Waals surface area contributed by atoms with Gasteiger partial charge in [0.25, 0.3) is 0 Å². The van der Waals surface area contributed by atoms with Crippen molar-refractivity contribution < 1.29 is 0 Å². The van der Waals surface area contributed by atoms with Crippen molar-refractivity contribution in [2.45, 2.75) is 39.0 Å². The van der Waals surface area contributed by atoms with Gasteiger partial charge < -0.3 is 9.88 Å². The fourth-order valence-electron chi connectivity index (χ4n) is 3.43. The van der Waals surface area contributed by atoms with Gasteiger partial charge in [-0.3, -0.25) is 0 Å². The van der Waals surface area contributed by atoms with Crippen LogP contribution in [0.5, 0.6) is 0 Å². The van der Waals surface area contributed by atoms with Crippen molar-refractivity contribution in [3.05, 3.63) is 18.2 Å². The van der Waals surface area contributed by atoms with Crippen molar-refractivity contribution in [1.29, 1.82) is 0 Å². The molecule has 3 atom stereocenters. The molecule has 0 radical (unpaired) electrons. The van der Waals surface area contributed by atoms with Crippen LogP contribution in [0.15, 0.2) is 12.4 Å². The van der Waals surface area contributed by atoms with Crippen LogP contribution < -0.4 is 5.32 Å². The molecule has 102 valence electrons. The topological polar surface area (TPSA) is 29.9 Å². The molecule has 1 aromatic rings. The first-order valence-electron chi connectivity index (χ1n) is 7.25. The summed E-state index contributed by atoms with van der Waals surface area (Å²) in [6.07, 6.45) is 8.02. The smallest absolute Gasteiger partial charge is 0.111 e. The van der Waals surface area contributed by atoms with Crippen LogP contribution in [0.2, 0.25) is 0 Å². The zero-order chi connectivity index (χ0) is 13.1. The summed E-state index contributed by atoms with van der Waals surface area (Å²) in [5.74, 6) is 4.30. The second-order valence-electron chi connectivity index (χ2n) is 6.14. The zero-order valence-electron chi connectivity index (χ0n) is 12.2. The van der Waals surface area contributed by atoms with Crippen LogP contribution in [0.3, 0.4) is 0 Å². The number of nitrogens with one attached hydrogen (secondary N) is 1. The van der Waals surface area contributed by atoms with Gasteiger partial charge in [-0.05, 0) is 50.6 Å². The highest BCUT2D eigenvalue weighted by Gasteiger charge is 2.34. The van der Waals surface area contributed by atoms with Gasteiger partial charge in [0.1, 0.15) is 5.82 Å². The highest BCUT2D eigenvalue weighted by atomic mass is 15.0. The molecule has 1 saturated carbocycles. The van der Waals surface area contributed by atoms with Gasteiger partial charge in [-0.2, -0.15) is 0 Å². The normalized spacial score (nSPS) is 28.8. The van der Waals surface area contributed by atoms with Crippen molar-refractivity contribution in [1.82, 2.24) is 14.9 Å². The standard InChI is InChI=1S/C15H27N3/c1-11(2)12-5-6-13(10-16-3)14(9-12)15-17-7-8-18(15)4/h7-8,11-14,16H,5-6,9-10H2,1-4H3. The number of rotatable bonds is 4. The van der Waals surface area contributed by atoms with Crippen molar-refractivity contribution in [2.75, 3.05) is 13.6 Å². The average Bonchev–Trinajstić information content (AvgIpc) is 2.76. The molecule has 0 bridgehead atoms. The Hall–Kier alpha value is -0.830. The number of aryl methyl sites for hydroxylation is 1. The third-order valence-electron chi connectivity index (χ3n) is 4.63. The summed E-state index contributed by atoms with van der Waals surface area (Å²) < 4.78 is 2.20. The summed E-state index contributed by atoms with van der Waals surface area (Å²) in [6, 6.07) is 0. The van der Waals surface area contributed by atoms with E-state index >= 15 is 0 Å². The van der Waals surface area contributed by atoms with E-state index in [0.29, 0.717) is 5.92 Å². The maximum atomic E-state index is 4.60. The second-order valence-corrected chi connectivity index (χ2v) is 6.14. The fraction of sp³-hybridized carbons (Fsp3) is 0.800. The number of hydrogen-bond acceptors (Lipinski definition) is 2. The van der Waals surface area contributed by atoms with Gasteiger partial charge >= 0.3 is 0 Å². The minimum Gasteiger partial charge on any atom is -0.338 e. The largest absolute Gasteiger partial charge is 0.338 e. The molecule has 0 spiro atoms. The van der Waals surface area contributed by atoms with E-state index in [2.05, 4.69) is 49.0 Å². The third-order valence-corrected chi connectivity index (χ3v) is 4.63. The van der Waals surface area contributed by atoms with Crippen LogP contribution in [0, 0.1) is 17.8 Å². The van der Waals surface area contributed by atoms with Gasteiger partial charge in [0.15, 0.2) is 0 Å². The maximum absolute atomic E-state index is 4.60. The molecule has 0 aromatic carbocycles. The van der Waals surface area contributed by atoms with Crippen molar-refractivity contribution in [2.24, 2.45) is 24.8 Å². The average molecular weight is 249 g/mol. The Kier molecular flexibility index (Phi) is 4.44. The molecule has 18 heavy (non-hydrogen) atoms. The van der Waals surface area contributed by atoms with E-state index in [1.165, 1.54) is 25.1 Å². The van der Waals surface area contributed by atoms with Crippen LogP contribution in [-0.4, -0.2) is 23.1 Å².